The highest BCUT2D eigenvalue weighted by Gasteiger charge is 2.36. The number of aliphatic imine (C=N–C) groups is 4. The summed E-state index contributed by atoms with van der Waals surface area (Å²) in [6, 6.07) is -12.2. The second-order valence-electron chi connectivity index (χ2n) is 21.6. The zero-order valence-electron chi connectivity index (χ0n) is 49.9. The molecule has 0 fully saturated rings. The van der Waals surface area contributed by atoms with Gasteiger partial charge >= 0.3 is 5.97 Å². The normalized spacial score (nSPS) is 14.7. The fraction of sp³-hybridized carbons (Fsp3) is 0.745. The van der Waals surface area contributed by atoms with Crippen molar-refractivity contribution in [2.45, 2.75) is 192 Å². The lowest BCUT2D eigenvalue weighted by Crippen LogP contribution is -2.62. The van der Waals surface area contributed by atoms with Gasteiger partial charge in [0.2, 0.25) is 47.3 Å². The van der Waals surface area contributed by atoms with Crippen LogP contribution in [0.15, 0.2) is 20.0 Å². The van der Waals surface area contributed by atoms with Crippen LogP contribution in [0.1, 0.15) is 132 Å². The molecule has 8 amide bonds. The highest BCUT2D eigenvalue weighted by atomic mass is 16.4. The number of guanidine groups is 4. The zero-order chi connectivity index (χ0) is 64.2. The summed E-state index contributed by atoms with van der Waals surface area (Å²) in [6.45, 7) is 12.1. The SMILES string of the molecule is CC(C)CC(NC(=O)C(CCCN=C(N)N)NC(=O)C(CCCN=C(N)N)NC(=O)C(CC(C)C)NC(=O)C(NC(=O)C(CCCN=C(N)N)NC(=O)C(CCCCN)NC(=O)C(CCCN=C(N)N)NC(=O)C(N)C(C)C)C(C)O)C(=O)O. The number of aliphatic carboxylic acids is 1. The fourth-order valence-electron chi connectivity index (χ4n) is 8.10. The topological polar surface area (TPSA) is 600 Å². The van der Waals surface area contributed by atoms with E-state index in [1.807, 2.05) is 0 Å². The van der Waals surface area contributed by atoms with E-state index in [0.717, 1.165) is 0 Å². The fourth-order valence-corrected chi connectivity index (χ4v) is 8.10. The molecule has 0 aliphatic carbocycles. The van der Waals surface area contributed by atoms with Gasteiger partial charge in [0.1, 0.15) is 48.3 Å². The van der Waals surface area contributed by atoms with Crippen LogP contribution in [-0.2, 0) is 43.2 Å². The van der Waals surface area contributed by atoms with Gasteiger partial charge < -0.3 is 110 Å². The van der Waals surface area contributed by atoms with Crippen molar-refractivity contribution in [3.05, 3.63) is 0 Å². The van der Waals surface area contributed by atoms with Gasteiger partial charge in [-0.05, 0) is 115 Å². The molecule has 0 spiro atoms. The molecule has 0 rings (SSSR count). The first-order chi connectivity index (χ1) is 39.3. The molecule has 0 heterocycles. The Labute approximate surface area is 491 Å². The number of carboxylic acid groups (broad SMARTS) is 1. The van der Waals surface area contributed by atoms with Gasteiger partial charge in [0, 0.05) is 26.2 Å². The van der Waals surface area contributed by atoms with E-state index in [0.29, 0.717) is 12.8 Å². The highest BCUT2D eigenvalue weighted by Crippen LogP contribution is 2.13. The van der Waals surface area contributed by atoms with Crippen LogP contribution in [0.3, 0.4) is 0 Å². The van der Waals surface area contributed by atoms with Crippen LogP contribution in [0.2, 0.25) is 0 Å². The molecule has 30 N–H and O–H groups in total. The van der Waals surface area contributed by atoms with Crippen LogP contribution >= 0.6 is 0 Å². The molecule has 0 aliphatic heterocycles. The van der Waals surface area contributed by atoms with E-state index >= 15 is 0 Å². The van der Waals surface area contributed by atoms with Crippen molar-refractivity contribution in [3.63, 3.8) is 0 Å². The van der Waals surface area contributed by atoms with Crippen LogP contribution in [0.4, 0.5) is 0 Å². The number of hydrogen-bond acceptors (Lipinski definition) is 16. The third kappa shape index (κ3) is 33.3. The van der Waals surface area contributed by atoms with E-state index in [9.17, 15) is 53.4 Å². The Morgan fingerprint density at radius 1 is 0.381 bits per heavy atom. The Morgan fingerprint density at radius 3 is 0.940 bits per heavy atom. The van der Waals surface area contributed by atoms with Gasteiger partial charge in [0.25, 0.3) is 0 Å². The van der Waals surface area contributed by atoms with Crippen LogP contribution < -0.4 is 99.9 Å². The van der Waals surface area contributed by atoms with Gasteiger partial charge in [-0.15, -0.1) is 0 Å². The Hall–Kier alpha value is -7.81. The van der Waals surface area contributed by atoms with Crippen LogP contribution in [-0.4, -0.2) is 180 Å². The van der Waals surface area contributed by atoms with Crippen molar-refractivity contribution in [1.82, 2.24) is 42.5 Å². The molecule has 10 unspecified atom stereocenters. The molecule has 0 saturated heterocycles. The number of rotatable bonds is 43. The molecule has 33 heteroatoms. The lowest BCUT2D eigenvalue weighted by molar-refractivity contribution is -0.143. The van der Waals surface area contributed by atoms with Crippen LogP contribution in [0.25, 0.3) is 0 Å². The largest absolute Gasteiger partial charge is 0.480 e. The first-order valence-corrected chi connectivity index (χ1v) is 28.3. The number of nitrogens with zero attached hydrogens (tertiary/aromatic N) is 4. The van der Waals surface area contributed by atoms with Gasteiger partial charge in [-0.25, -0.2) is 4.79 Å². The molecule has 10 atom stereocenters. The summed E-state index contributed by atoms with van der Waals surface area (Å²) in [7, 11) is 0. The molecule has 0 aromatic rings. The van der Waals surface area contributed by atoms with E-state index in [-0.39, 0.29) is 145 Å². The second-order valence-corrected chi connectivity index (χ2v) is 21.6. The molecule has 0 aromatic carbocycles. The van der Waals surface area contributed by atoms with Gasteiger partial charge in [0.15, 0.2) is 23.8 Å². The Balaban J connectivity index is 7.11. The van der Waals surface area contributed by atoms with E-state index < -0.39 is 114 Å². The minimum atomic E-state index is -1.78. The standard InChI is InChI=1S/C51H100N22O11/c1-26(2)24-35(44(80)69-31(15-10-20-62-48(54)55)40(76)67-32(16-11-21-63-49(56)57)42(78)72-36(47(83)84)25-27(3)4)71-46(82)38(29(7)74)73-43(79)34(18-13-23-65-51(60)61)68-39(75)30(14-8-9-19-52)66-41(77)33(17-12-22-64-50(58)59)70-45(81)37(53)28(5)6/h26-38,74H,8-25,52-53H2,1-7H3,(H,66,77)(H,67,76)(H,68,75)(H,69,80)(H,70,81)(H,71,82)(H,72,78)(H,73,79)(H,83,84)(H4,54,55,62)(H4,56,57,63)(H4,58,59,64)(H4,60,61,65). The number of aliphatic hydroxyl groups is 1. The summed E-state index contributed by atoms with van der Waals surface area (Å²) in [5, 5.41) is 41.6. The number of aliphatic hydroxyl groups excluding tert-OH is 1. The number of nitrogens with two attached hydrogens (primary N) is 10. The summed E-state index contributed by atoms with van der Waals surface area (Å²) in [5.41, 5.74) is 55.8. The van der Waals surface area contributed by atoms with Crippen molar-refractivity contribution in [2.75, 3.05) is 32.7 Å². The number of amides is 8. The minimum Gasteiger partial charge on any atom is -0.480 e. The average Bonchev–Trinajstić information content (AvgIpc) is 3.39. The number of unbranched alkanes of at least 4 members (excludes halogenated alkanes) is 1. The first-order valence-electron chi connectivity index (χ1n) is 28.3. The third-order valence-corrected chi connectivity index (χ3v) is 12.6. The number of carbonyl (C=O) groups is 9. The molecular formula is C51H100N22O11. The number of carboxylic acids is 1. The van der Waals surface area contributed by atoms with Crippen LogP contribution in [0.5, 0.6) is 0 Å². The zero-order valence-corrected chi connectivity index (χ0v) is 49.9. The predicted molar refractivity (Wildman–Crippen MR) is 319 cm³/mol. The Morgan fingerprint density at radius 2 is 0.655 bits per heavy atom. The maximum absolute atomic E-state index is 14.3. The maximum atomic E-state index is 14.3. The van der Waals surface area contributed by atoms with E-state index in [1.165, 1.54) is 6.92 Å². The smallest absolute Gasteiger partial charge is 0.326 e. The minimum absolute atomic E-state index is 0.00518. The molecule has 0 aromatic heterocycles. The number of carbonyl (C=O) groups excluding carboxylic acids is 8. The molecule has 33 nitrogen and oxygen atoms in total. The Bertz CT molecular complexity index is 2210. The van der Waals surface area contributed by atoms with E-state index in [1.54, 1.807) is 41.5 Å². The summed E-state index contributed by atoms with van der Waals surface area (Å²) in [6.07, 6.45) is -0.509. The van der Waals surface area contributed by atoms with Crippen molar-refractivity contribution in [1.29, 1.82) is 0 Å². The molecular weight excluding hydrogens is 1100 g/mol. The maximum Gasteiger partial charge on any atom is 0.326 e. The van der Waals surface area contributed by atoms with Crippen LogP contribution in [0, 0.1) is 17.8 Å². The molecule has 480 valence electrons. The van der Waals surface area contributed by atoms with Crippen molar-refractivity contribution in [3.8, 4) is 0 Å². The predicted octanol–water partition coefficient (Wildman–Crippen LogP) is -6.25. The van der Waals surface area contributed by atoms with Crippen molar-refractivity contribution >= 4 is 77.1 Å². The van der Waals surface area contributed by atoms with E-state index in [4.69, 9.17) is 57.3 Å². The van der Waals surface area contributed by atoms with Crippen molar-refractivity contribution < 1.29 is 53.4 Å². The summed E-state index contributed by atoms with van der Waals surface area (Å²) >= 11 is 0. The summed E-state index contributed by atoms with van der Waals surface area (Å²) in [5.74, 6) is -9.78. The quantitative estimate of drug-likeness (QED) is 0.0153. The summed E-state index contributed by atoms with van der Waals surface area (Å²) in [4.78, 5) is 140. The first kappa shape index (κ1) is 76.2. The lowest BCUT2D eigenvalue weighted by Gasteiger charge is -2.29. The third-order valence-electron chi connectivity index (χ3n) is 12.6. The van der Waals surface area contributed by atoms with Gasteiger partial charge in [-0.1, -0.05) is 41.5 Å². The summed E-state index contributed by atoms with van der Waals surface area (Å²) < 4.78 is 0. The average molecular weight is 1200 g/mol. The molecule has 0 saturated carbocycles. The van der Waals surface area contributed by atoms with Gasteiger partial charge in [-0.2, -0.15) is 0 Å². The number of nitrogens with one attached hydrogen (secondary N) is 8. The van der Waals surface area contributed by atoms with E-state index in [2.05, 4.69) is 62.5 Å². The van der Waals surface area contributed by atoms with Crippen molar-refractivity contribution in [2.24, 2.45) is 95.1 Å². The number of hydrogen-bond donors (Lipinski definition) is 20. The molecule has 84 heavy (non-hydrogen) atoms. The monoisotopic (exact) mass is 1200 g/mol. The van der Waals surface area contributed by atoms with Gasteiger partial charge in [0.05, 0.1) is 12.1 Å². The highest BCUT2D eigenvalue weighted by molar-refractivity contribution is 5.98. The molecule has 0 radical (unpaired) electrons. The lowest BCUT2D eigenvalue weighted by atomic mass is 10.0. The van der Waals surface area contributed by atoms with Gasteiger partial charge in [-0.3, -0.25) is 58.3 Å². The molecule has 0 bridgehead atoms. The molecule has 0 aliphatic rings. The second kappa shape index (κ2) is 41.2. The Kier molecular flexibility index (Phi) is 37.4.